The van der Waals surface area contributed by atoms with E-state index in [9.17, 15) is 9.90 Å². The van der Waals surface area contributed by atoms with Gasteiger partial charge in [-0.1, -0.05) is 0 Å². The Bertz CT molecular complexity index is 518. The molecule has 4 heteroatoms. The van der Waals surface area contributed by atoms with Crippen molar-refractivity contribution in [3.8, 4) is 6.07 Å². The fourth-order valence-corrected chi connectivity index (χ4v) is 3.36. The van der Waals surface area contributed by atoms with Crippen LogP contribution in [0.5, 0.6) is 0 Å². The molecule has 0 saturated carbocycles. The Labute approximate surface area is 105 Å². The number of aliphatic carboxylic acids is 1. The SMILES string of the molecule is N#Cc1ccc(N2C3CCC2C(C(=O)O)C3)cc1. The molecule has 2 aliphatic heterocycles. The lowest BCUT2D eigenvalue weighted by Crippen LogP contribution is -2.32. The van der Waals surface area contributed by atoms with E-state index in [0.717, 1.165) is 24.9 Å². The first-order valence-corrected chi connectivity index (χ1v) is 6.22. The zero-order valence-electron chi connectivity index (χ0n) is 9.91. The molecule has 3 rings (SSSR count). The first-order valence-electron chi connectivity index (χ1n) is 6.22. The standard InChI is InChI=1S/C14H14N2O2/c15-8-9-1-3-10(4-2-9)16-11-5-6-13(16)12(7-11)14(17)18/h1-4,11-13H,5-7H2,(H,17,18). The van der Waals surface area contributed by atoms with Gasteiger partial charge in [-0.2, -0.15) is 5.26 Å². The smallest absolute Gasteiger partial charge is 0.308 e. The van der Waals surface area contributed by atoms with Gasteiger partial charge in [-0.15, -0.1) is 0 Å². The van der Waals surface area contributed by atoms with E-state index in [4.69, 9.17) is 5.26 Å². The average Bonchev–Trinajstić information content (AvgIpc) is 2.96. The van der Waals surface area contributed by atoms with E-state index >= 15 is 0 Å². The molecule has 2 bridgehead atoms. The maximum absolute atomic E-state index is 11.2. The summed E-state index contributed by atoms with van der Waals surface area (Å²) in [6, 6.07) is 10.0. The van der Waals surface area contributed by atoms with E-state index in [-0.39, 0.29) is 12.0 Å². The topological polar surface area (TPSA) is 64.3 Å². The van der Waals surface area contributed by atoms with Crippen LogP contribution >= 0.6 is 0 Å². The van der Waals surface area contributed by atoms with Gasteiger partial charge in [-0.25, -0.2) is 0 Å². The second-order valence-corrected chi connectivity index (χ2v) is 5.04. The van der Waals surface area contributed by atoms with Crippen LogP contribution in [0, 0.1) is 17.2 Å². The molecule has 3 atom stereocenters. The second kappa shape index (κ2) is 4.02. The van der Waals surface area contributed by atoms with Crippen LogP contribution < -0.4 is 4.90 Å². The van der Waals surface area contributed by atoms with Gasteiger partial charge in [0.2, 0.25) is 0 Å². The Morgan fingerprint density at radius 1 is 1.33 bits per heavy atom. The van der Waals surface area contributed by atoms with Crippen molar-refractivity contribution in [1.82, 2.24) is 0 Å². The average molecular weight is 242 g/mol. The summed E-state index contributed by atoms with van der Waals surface area (Å²) in [6.07, 6.45) is 2.79. The van der Waals surface area contributed by atoms with Gasteiger partial charge in [0.1, 0.15) is 0 Å². The zero-order chi connectivity index (χ0) is 12.7. The summed E-state index contributed by atoms with van der Waals surface area (Å²) in [5, 5.41) is 18.0. The van der Waals surface area contributed by atoms with E-state index in [2.05, 4.69) is 11.0 Å². The molecular weight excluding hydrogens is 228 g/mol. The van der Waals surface area contributed by atoms with Gasteiger partial charge in [0, 0.05) is 17.8 Å². The molecule has 2 saturated heterocycles. The number of hydrogen-bond donors (Lipinski definition) is 1. The lowest BCUT2D eigenvalue weighted by molar-refractivity contribution is -0.142. The van der Waals surface area contributed by atoms with Gasteiger partial charge >= 0.3 is 5.97 Å². The van der Waals surface area contributed by atoms with Crippen molar-refractivity contribution in [1.29, 1.82) is 5.26 Å². The van der Waals surface area contributed by atoms with Crippen molar-refractivity contribution in [2.45, 2.75) is 31.3 Å². The van der Waals surface area contributed by atoms with Crippen LogP contribution in [0.2, 0.25) is 0 Å². The summed E-state index contributed by atoms with van der Waals surface area (Å²) in [5.41, 5.74) is 1.69. The highest BCUT2D eigenvalue weighted by atomic mass is 16.4. The fraction of sp³-hybridized carbons (Fsp3) is 0.429. The molecule has 1 aromatic rings. The maximum atomic E-state index is 11.2. The van der Waals surface area contributed by atoms with Crippen LogP contribution in [-0.4, -0.2) is 23.2 Å². The normalized spacial score (nSPS) is 29.3. The van der Waals surface area contributed by atoms with Gasteiger partial charge in [-0.05, 0) is 43.5 Å². The minimum absolute atomic E-state index is 0.125. The van der Waals surface area contributed by atoms with Crippen LogP contribution in [0.25, 0.3) is 0 Å². The van der Waals surface area contributed by atoms with Crippen LogP contribution in [0.15, 0.2) is 24.3 Å². The van der Waals surface area contributed by atoms with Crippen LogP contribution in [-0.2, 0) is 4.79 Å². The van der Waals surface area contributed by atoms with Crippen LogP contribution in [0.4, 0.5) is 5.69 Å². The molecule has 0 amide bonds. The molecule has 0 aliphatic carbocycles. The highest BCUT2D eigenvalue weighted by molar-refractivity contribution is 5.74. The van der Waals surface area contributed by atoms with Crippen molar-refractivity contribution in [3.63, 3.8) is 0 Å². The highest BCUT2D eigenvalue weighted by Crippen LogP contribution is 2.44. The van der Waals surface area contributed by atoms with Crippen LogP contribution in [0.3, 0.4) is 0 Å². The monoisotopic (exact) mass is 242 g/mol. The number of rotatable bonds is 2. The van der Waals surface area contributed by atoms with E-state index in [0.29, 0.717) is 11.6 Å². The molecule has 1 aromatic carbocycles. The molecular formula is C14H14N2O2. The molecule has 3 unspecified atom stereocenters. The summed E-state index contributed by atoms with van der Waals surface area (Å²) >= 11 is 0. The van der Waals surface area contributed by atoms with E-state index in [1.54, 1.807) is 12.1 Å². The number of carbonyl (C=O) groups is 1. The van der Waals surface area contributed by atoms with Crippen molar-refractivity contribution < 1.29 is 9.90 Å². The molecule has 18 heavy (non-hydrogen) atoms. The minimum Gasteiger partial charge on any atom is -0.481 e. The van der Waals surface area contributed by atoms with Gasteiger partial charge in [-0.3, -0.25) is 4.79 Å². The maximum Gasteiger partial charge on any atom is 0.308 e. The number of nitrogens with zero attached hydrogens (tertiary/aromatic N) is 2. The predicted octanol–water partition coefficient (Wildman–Crippen LogP) is 2.00. The van der Waals surface area contributed by atoms with Gasteiger partial charge < -0.3 is 10.0 Å². The fourth-order valence-electron chi connectivity index (χ4n) is 3.36. The number of benzene rings is 1. The summed E-state index contributed by atoms with van der Waals surface area (Å²) in [7, 11) is 0. The third-order valence-electron chi connectivity index (χ3n) is 4.15. The molecule has 0 aromatic heterocycles. The Morgan fingerprint density at radius 2 is 2.06 bits per heavy atom. The van der Waals surface area contributed by atoms with Crippen LogP contribution in [0.1, 0.15) is 24.8 Å². The first-order chi connectivity index (χ1) is 8.70. The molecule has 92 valence electrons. The van der Waals surface area contributed by atoms with Crippen molar-refractivity contribution in [2.75, 3.05) is 4.90 Å². The number of nitriles is 1. The number of carboxylic acid groups (broad SMARTS) is 1. The third-order valence-corrected chi connectivity index (χ3v) is 4.15. The first kappa shape index (κ1) is 11.1. The summed E-state index contributed by atoms with van der Waals surface area (Å²) in [4.78, 5) is 13.4. The largest absolute Gasteiger partial charge is 0.481 e. The molecule has 2 fully saturated rings. The minimum atomic E-state index is -0.680. The predicted molar refractivity (Wildman–Crippen MR) is 66.2 cm³/mol. The third kappa shape index (κ3) is 1.55. The van der Waals surface area contributed by atoms with Crippen molar-refractivity contribution in [2.24, 2.45) is 5.92 Å². The Kier molecular flexibility index (Phi) is 2.48. The number of hydrogen-bond acceptors (Lipinski definition) is 3. The molecule has 0 spiro atoms. The molecule has 2 heterocycles. The lowest BCUT2D eigenvalue weighted by Gasteiger charge is -2.25. The Hall–Kier alpha value is -2.02. The molecule has 4 nitrogen and oxygen atoms in total. The van der Waals surface area contributed by atoms with E-state index < -0.39 is 5.97 Å². The summed E-state index contributed by atoms with van der Waals surface area (Å²) in [6.45, 7) is 0. The second-order valence-electron chi connectivity index (χ2n) is 5.04. The molecule has 1 N–H and O–H groups in total. The van der Waals surface area contributed by atoms with Gasteiger partial charge in [0.25, 0.3) is 0 Å². The Balaban J connectivity index is 1.89. The zero-order valence-corrected chi connectivity index (χ0v) is 9.91. The Morgan fingerprint density at radius 3 is 2.61 bits per heavy atom. The van der Waals surface area contributed by atoms with E-state index in [1.165, 1.54) is 0 Å². The number of anilines is 1. The number of fused-ring (bicyclic) bond motifs is 2. The quantitative estimate of drug-likeness (QED) is 0.861. The molecule has 2 aliphatic rings. The highest BCUT2D eigenvalue weighted by Gasteiger charge is 2.49. The number of carboxylic acids is 1. The van der Waals surface area contributed by atoms with Crippen molar-refractivity contribution >= 4 is 11.7 Å². The summed E-state index contributed by atoms with van der Waals surface area (Å²) in [5.74, 6) is -0.916. The summed E-state index contributed by atoms with van der Waals surface area (Å²) < 4.78 is 0. The molecule has 0 radical (unpaired) electrons. The van der Waals surface area contributed by atoms with Gasteiger partial charge in [0.15, 0.2) is 0 Å². The van der Waals surface area contributed by atoms with Crippen molar-refractivity contribution in [3.05, 3.63) is 29.8 Å². The van der Waals surface area contributed by atoms with E-state index in [1.807, 2.05) is 12.1 Å². The lowest BCUT2D eigenvalue weighted by atomic mass is 9.89. The van der Waals surface area contributed by atoms with Gasteiger partial charge in [0.05, 0.1) is 17.6 Å².